The molecule has 0 N–H and O–H groups in total. The van der Waals surface area contributed by atoms with Crippen LogP contribution >= 0.6 is 0 Å². The molecule has 108 valence electrons. The summed E-state index contributed by atoms with van der Waals surface area (Å²) in [6.07, 6.45) is 1.97. The van der Waals surface area contributed by atoms with E-state index in [0.717, 1.165) is 0 Å². The number of halogens is 2. The number of benzene rings is 2. The predicted octanol–water partition coefficient (Wildman–Crippen LogP) is 4.51. The molecule has 2 aromatic carbocycles. The number of hydrogen-bond acceptors (Lipinski definition) is 2. The Morgan fingerprint density at radius 1 is 0.818 bits per heavy atom. The van der Waals surface area contributed by atoms with Gasteiger partial charge < -0.3 is 0 Å². The highest BCUT2D eigenvalue weighted by atomic mass is 19.1. The number of aromatic nitrogens is 1. The molecule has 0 atom stereocenters. The van der Waals surface area contributed by atoms with E-state index in [4.69, 9.17) is 0 Å². The number of carbonyl (C=O) groups is 1. The molecule has 1 aromatic heterocycles. The van der Waals surface area contributed by atoms with E-state index in [2.05, 4.69) is 4.98 Å². The molecule has 0 aliphatic heterocycles. The number of carbonyl (C=O) groups excluding carboxylic acids is 1. The average Bonchev–Trinajstić information content (AvgIpc) is 2.55. The smallest absolute Gasteiger partial charge is 0.151 e. The summed E-state index contributed by atoms with van der Waals surface area (Å²) in [4.78, 5) is 15.1. The Bertz CT molecular complexity index is 846. The molecule has 4 heteroatoms. The second-order valence-electron chi connectivity index (χ2n) is 4.74. The topological polar surface area (TPSA) is 30.0 Å². The Hall–Kier alpha value is -2.88. The largest absolute Gasteiger partial charge is 0.298 e. The Balaban J connectivity index is 2.30. The van der Waals surface area contributed by atoms with Gasteiger partial charge in [0.05, 0.1) is 5.69 Å². The van der Waals surface area contributed by atoms with Crippen LogP contribution in [0.1, 0.15) is 10.4 Å². The van der Waals surface area contributed by atoms with Crippen molar-refractivity contribution in [1.82, 2.24) is 4.98 Å². The molecule has 22 heavy (non-hydrogen) atoms. The molecular weight excluding hydrogens is 284 g/mol. The lowest BCUT2D eigenvalue weighted by Gasteiger charge is -2.11. The third kappa shape index (κ3) is 2.51. The highest BCUT2D eigenvalue weighted by Crippen LogP contribution is 2.33. The van der Waals surface area contributed by atoms with E-state index in [1.165, 1.54) is 24.4 Å². The molecule has 0 amide bonds. The zero-order chi connectivity index (χ0) is 15.5. The van der Waals surface area contributed by atoms with Gasteiger partial charge in [0.15, 0.2) is 6.29 Å². The van der Waals surface area contributed by atoms with Gasteiger partial charge in [-0.25, -0.2) is 8.78 Å². The van der Waals surface area contributed by atoms with Gasteiger partial charge in [-0.2, -0.15) is 0 Å². The first-order valence-electron chi connectivity index (χ1n) is 6.65. The Labute approximate surface area is 126 Å². The third-order valence-corrected chi connectivity index (χ3v) is 3.34. The van der Waals surface area contributed by atoms with Gasteiger partial charge in [-0.3, -0.25) is 9.78 Å². The molecule has 0 spiro atoms. The number of nitrogens with zero attached hydrogens (tertiary/aromatic N) is 1. The molecule has 0 saturated heterocycles. The second-order valence-corrected chi connectivity index (χ2v) is 4.74. The van der Waals surface area contributed by atoms with Crippen LogP contribution in [0.5, 0.6) is 0 Å². The summed E-state index contributed by atoms with van der Waals surface area (Å²) in [5, 5.41) is 0. The molecule has 0 aliphatic rings. The SMILES string of the molecule is O=Cc1cnc(-c2ccccc2F)c(-c2ccccc2F)c1. The van der Waals surface area contributed by atoms with Crippen molar-refractivity contribution in [3.05, 3.63) is 78.0 Å². The molecule has 0 fully saturated rings. The first kappa shape index (κ1) is 14.1. The molecular formula is C18H11F2NO. The predicted molar refractivity (Wildman–Crippen MR) is 80.4 cm³/mol. The van der Waals surface area contributed by atoms with E-state index >= 15 is 0 Å². The Morgan fingerprint density at radius 2 is 1.41 bits per heavy atom. The first-order chi connectivity index (χ1) is 10.7. The standard InChI is InChI=1S/C18H11F2NO/c19-16-7-3-1-5-13(16)15-9-12(11-22)10-21-18(15)14-6-2-4-8-17(14)20/h1-11H. The Morgan fingerprint density at radius 3 is 2.00 bits per heavy atom. The summed E-state index contributed by atoms with van der Waals surface area (Å²) in [5.74, 6) is -0.906. The van der Waals surface area contributed by atoms with Crippen LogP contribution in [-0.2, 0) is 0 Å². The molecule has 1 heterocycles. The van der Waals surface area contributed by atoms with Gasteiger partial charge in [0.1, 0.15) is 11.6 Å². The number of rotatable bonds is 3. The van der Waals surface area contributed by atoms with Gasteiger partial charge in [-0.05, 0) is 24.3 Å². The summed E-state index contributed by atoms with van der Waals surface area (Å²) in [6, 6.07) is 13.8. The summed E-state index contributed by atoms with van der Waals surface area (Å²) in [7, 11) is 0. The molecule has 0 aliphatic carbocycles. The molecule has 0 unspecified atom stereocenters. The number of pyridine rings is 1. The highest BCUT2D eigenvalue weighted by molar-refractivity contribution is 5.86. The van der Waals surface area contributed by atoms with E-state index in [-0.39, 0.29) is 11.1 Å². The van der Waals surface area contributed by atoms with Crippen LogP contribution in [0.4, 0.5) is 8.78 Å². The van der Waals surface area contributed by atoms with Crippen LogP contribution in [0, 0.1) is 11.6 Å². The van der Waals surface area contributed by atoms with Crippen LogP contribution in [0.25, 0.3) is 22.4 Å². The van der Waals surface area contributed by atoms with Crippen molar-refractivity contribution < 1.29 is 13.6 Å². The third-order valence-electron chi connectivity index (χ3n) is 3.34. The first-order valence-corrected chi connectivity index (χ1v) is 6.65. The fourth-order valence-electron chi connectivity index (χ4n) is 2.30. The molecule has 0 bridgehead atoms. The minimum Gasteiger partial charge on any atom is -0.298 e. The average molecular weight is 295 g/mol. The van der Waals surface area contributed by atoms with Gasteiger partial charge in [0, 0.05) is 28.5 Å². The van der Waals surface area contributed by atoms with E-state index in [1.807, 2.05) is 0 Å². The molecule has 2 nitrogen and oxygen atoms in total. The van der Waals surface area contributed by atoms with Gasteiger partial charge in [-0.15, -0.1) is 0 Å². The molecule has 3 aromatic rings. The van der Waals surface area contributed by atoms with Crippen molar-refractivity contribution in [2.45, 2.75) is 0 Å². The second kappa shape index (κ2) is 5.85. The van der Waals surface area contributed by atoms with E-state index in [0.29, 0.717) is 23.1 Å². The lowest BCUT2D eigenvalue weighted by atomic mass is 9.97. The molecule has 3 rings (SSSR count). The van der Waals surface area contributed by atoms with Gasteiger partial charge in [-0.1, -0.05) is 30.3 Å². The van der Waals surface area contributed by atoms with Gasteiger partial charge in [0.2, 0.25) is 0 Å². The zero-order valence-electron chi connectivity index (χ0n) is 11.5. The van der Waals surface area contributed by atoms with Crippen molar-refractivity contribution in [1.29, 1.82) is 0 Å². The molecule has 0 saturated carbocycles. The fourth-order valence-corrected chi connectivity index (χ4v) is 2.30. The van der Waals surface area contributed by atoms with Crippen molar-refractivity contribution in [3.63, 3.8) is 0 Å². The van der Waals surface area contributed by atoms with Crippen LogP contribution in [-0.4, -0.2) is 11.3 Å². The minimum absolute atomic E-state index is 0.262. The van der Waals surface area contributed by atoms with Crippen LogP contribution in [0.2, 0.25) is 0 Å². The number of aldehydes is 1. The van der Waals surface area contributed by atoms with Crippen LogP contribution in [0.3, 0.4) is 0 Å². The van der Waals surface area contributed by atoms with Crippen LogP contribution in [0.15, 0.2) is 60.8 Å². The van der Waals surface area contributed by atoms with Crippen molar-refractivity contribution >= 4 is 6.29 Å². The molecule has 0 radical (unpaired) electrons. The van der Waals surface area contributed by atoms with Crippen LogP contribution < -0.4 is 0 Å². The summed E-state index contributed by atoms with van der Waals surface area (Å²) >= 11 is 0. The summed E-state index contributed by atoms with van der Waals surface area (Å²) < 4.78 is 28.1. The van der Waals surface area contributed by atoms with Crippen molar-refractivity contribution in [2.24, 2.45) is 0 Å². The van der Waals surface area contributed by atoms with E-state index < -0.39 is 11.6 Å². The zero-order valence-corrected chi connectivity index (χ0v) is 11.5. The normalized spacial score (nSPS) is 10.5. The fraction of sp³-hybridized carbons (Fsp3) is 0. The number of hydrogen-bond donors (Lipinski definition) is 0. The maximum Gasteiger partial charge on any atom is 0.151 e. The summed E-state index contributed by atoms with van der Waals surface area (Å²) in [6.45, 7) is 0. The maximum atomic E-state index is 14.1. The van der Waals surface area contributed by atoms with Crippen molar-refractivity contribution in [2.75, 3.05) is 0 Å². The lowest BCUT2D eigenvalue weighted by Crippen LogP contribution is -1.96. The lowest BCUT2D eigenvalue weighted by molar-refractivity contribution is 0.112. The van der Waals surface area contributed by atoms with Gasteiger partial charge in [0.25, 0.3) is 0 Å². The minimum atomic E-state index is -0.454. The van der Waals surface area contributed by atoms with Gasteiger partial charge >= 0.3 is 0 Å². The summed E-state index contributed by atoms with van der Waals surface area (Å²) in [5.41, 5.74) is 1.52. The Kier molecular flexibility index (Phi) is 3.74. The van der Waals surface area contributed by atoms with E-state index in [9.17, 15) is 13.6 Å². The van der Waals surface area contributed by atoms with E-state index in [1.54, 1.807) is 36.4 Å². The quantitative estimate of drug-likeness (QED) is 0.666. The monoisotopic (exact) mass is 295 g/mol. The highest BCUT2D eigenvalue weighted by Gasteiger charge is 2.15. The van der Waals surface area contributed by atoms with Crippen molar-refractivity contribution in [3.8, 4) is 22.4 Å². The maximum absolute atomic E-state index is 14.1.